The Bertz CT molecular complexity index is 541. The lowest BCUT2D eigenvalue weighted by atomic mass is 10.3. The lowest BCUT2D eigenvalue weighted by molar-refractivity contribution is 0.672. The summed E-state index contributed by atoms with van der Waals surface area (Å²) >= 11 is 11.3. The summed E-state index contributed by atoms with van der Waals surface area (Å²) in [4.78, 5) is 4.68. The van der Waals surface area contributed by atoms with Crippen LogP contribution in [0, 0.1) is 0 Å². The molecule has 0 fully saturated rings. The number of aryl methyl sites for hydroxylation is 1. The Labute approximate surface area is 125 Å². The summed E-state index contributed by atoms with van der Waals surface area (Å²) in [5.41, 5.74) is 2.23. The van der Waals surface area contributed by atoms with Gasteiger partial charge in [-0.05, 0) is 24.5 Å². The molecule has 1 unspecified atom stereocenters. The lowest BCUT2D eigenvalue weighted by Crippen LogP contribution is -2.12. The van der Waals surface area contributed by atoms with E-state index in [4.69, 9.17) is 11.6 Å². The van der Waals surface area contributed by atoms with Crippen LogP contribution >= 0.6 is 39.3 Å². The number of rotatable bonds is 5. The third-order valence-corrected chi connectivity index (χ3v) is 4.59. The Kier molecular flexibility index (Phi) is 4.98. The second-order valence-electron chi connectivity index (χ2n) is 4.26. The van der Waals surface area contributed by atoms with Crippen LogP contribution in [0.5, 0.6) is 0 Å². The molecule has 0 bridgehead atoms. The van der Waals surface area contributed by atoms with Crippen LogP contribution in [0.4, 0.5) is 0 Å². The number of alkyl halides is 1. The van der Waals surface area contributed by atoms with Gasteiger partial charge in [-0.15, -0.1) is 11.6 Å². The smallest absolute Gasteiger partial charge is 0.111 e. The van der Waals surface area contributed by atoms with Crippen molar-refractivity contribution in [1.29, 1.82) is 0 Å². The van der Waals surface area contributed by atoms with Gasteiger partial charge in [0, 0.05) is 28.6 Å². The van der Waals surface area contributed by atoms with Gasteiger partial charge in [-0.25, -0.2) is 4.98 Å². The third kappa shape index (κ3) is 3.03. The quantitative estimate of drug-likeness (QED) is 0.749. The van der Waals surface area contributed by atoms with Gasteiger partial charge in [0.15, 0.2) is 0 Å². The van der Waals surface area contributed by atoms with E-state index in [0.29, 0.717) is 11.1 Å². The van der Waals surface area contributed by atoms with Crippen molar-refractivity contribution >= 4 is 50.3 Å². The molecule has 0 amide bonds. The number of hydrogen-bond acceptors (Lipinski definition) is 2. The van der Waals surface area contributed by atoms with E-state index in [1.165, 1.54) is 5.52 Å². The largest absolute Gasteiger partial charge is 0.327 e. The summed E-state index contributed by atoms with van der Waals surface area (Å²) in [7, 11) is 0. The average Bonchev–Trinajstić information content (AvgIpc) is 2.68. The van der Waals surface area contributed by atoms with Crippen molar-refractivity contribution in [3.8, 4) is 0 Å². The van der Waals surface area contributed by atoms with Crippen LogP contribution in [-0.2, 0) is 13.0 Å². The highest BCUT2D eigenvalue weighted by molar-refractivity contribution is 9.10. The maximum absolute atomic E-state index is 5.87. The van der Waals surface area contributed by atoms with Crippen molar-refractivity contribution in [2.75, 3.05) is 12.1 Å². The molecule has 1 aromatic heterocycles. The summed E-state index contributed by atoms with van der Waals surface area (Å²) in [5.74, 6) is 1.69. The molecular weight excluding hydrogens is 332 g/mol. The molecule has 1 aromatic carbocycles. The van der Waals surface area contributed by atoms with Crippen molar-refractivity contribution in [3.05, 3.63) is 28.5 Å². The molecule has 1 atom stereocenters. The number of imidazole rings is 1. The van der Waals surface area contributed by atoms with E-state index in [1.54, 1.807) is 0 Å². The molecule has 1 heterocycles. The predicted molar refractivity (Wildman–Crippen MR) is 84.8 cm³/mol. The number of benzene rings is 1. The molecule has 0 aliphatic carbocycles. The fourth-order valence-electron chi connectivity index (χ4n) is 1.96. The third-order valence-electron chi connectivity index (χ3n) is 2.95. The molecule has 0 radical (unpaired) electrons. The Morgan fingerprint density at radius 2 is 2.28 bits per heavy atom. The van der Waals surface area contributed by atoms with Gasteiger partial charge in [-0.3, -0.25) is 0 Å². The molecule has 2 rings (SSSR count). The van der Waals surface area contributed by atoms with E-state index in [9.17, 15) is 0 Å². The molecule has 2 aromatic rings. The molecule has 18 heavy (non-hydrogen) atoms. The number of nitrogens with zero attached hydrogens (tertiary/aromatic N) is 2. The van der Waals surface area contributed by atoms with Crippen LogP contribution in [0.25, 0.3) is 11.0 Å². The van der Waals surface area contributed by atoms with Crippen LogP contribution < -0.4 is 0 Å². The summed E-state index contributed by atoms with van der Waals surface area (Å²) in [6, 6.07) is 6.21. The number of fused-ring (bicyclic) bond motifs is 1. The van der Waals surface area contributed by atoms with Crippen molar-refractivity contribution in [1.82, 2.24) is 9.55 Å². The first-order valence-corrected chi connectivity index (χ1v) is 8.50. The summed E-state index contributed by atoms with van der Waals surface area (Å²) < 4.78 is 3.38. The van der Waals surface area contributed by atoms with Gasteiger partial charge in [0.25, 0.3) is 0 Å². The summed E-state index contributed by atoms with van der Waals surface area (Å²) in [6.45, 7) is 3.21. The van der Waals surface area contributed by atoms with Gasteiger partial charge in [-0.2, -0.15) is 11.8 Å². The van der Waals surface area contributed by atoms with Crippen LogP contribution in [0.15, 0.2) is 22.7 Å². The molecular formula is C13H16BrClN2S. The minimum atomic E-state index is 0.565. The molecule has 98 valence electrons. The second-order valence-corrected chi connectivity index (χ2v) is 6.83. The number of halogens is 2. The Morgan fingerprint density at radius 1 is 1.50 bits per heavy atom. The first kappa shape index (κ1) is 14.2. The lowest BCUT2D eigenvalue weighted by Gasteiger charge is -2.13. The molecule has 0 saturated heterocycles. The maximum Gasteiger partial charge on any atom is 0.111 e. The van der Waals surface area contributed by atoms with Gasteiger partial charge >= 0.3 is 0 Å². The van der Waals surface area contributed by atoms with Crippen molar-refractivity contribution < 1.29 is 0 Å². The fourth-order valence-corrected chi connectivity index (χ4v) is 2.77. The van der Waals surface area contributed by atoms with E-state index in [-0.39, 0.29) is 0 Å². The zero-order chi connectivity index (χ0) is 13.1. The van der Waals surface area contributed by atoms with Crippen molar-refractivity contribution in [2.45, 2.75) is 25.1 Å². The molecule has 0 saturated carbocycles. The van der Waals surface area contributed by atoms with E-state index in [1.807, 2.05) is 17.8 Å². The number of aromatic nitrogens is 2. The zero-order valence-corrected chi connectivity index (χ0v) is 13.6. The first-order valence-electron chi connectivity index (χ1n) is 5.89. The maximum atomic E-state index is 5.87. The van der Waals surface area contributed by atoms with Gasteiger partial charge in [0.2, 0.25) is 0 Å². The van der Waals surface area contributed by atoms with Gasteiger partial charge in [0.05, 0.1) is 11.0 Å². The SMILES string of the molecule is CSC(C)Cn1c(CCCl)nc2ccc(Br)cc21. The number of hydrogen-bond donors (Lipinski definition) is 0. The Balaban J connectivity index is 2.49. The summed E-state index contributed by atoms with van der Waals surface area (Å²) in [5, 5.41) is 0.565. The monoisotopic (exact) mass is 346 g/mol. The highest BCUT2D eigenvalue weighted by Gasteiger charge is 2.12. The number of thioether (sulfide) groups is 1. The van der Waals surface area contributed by atoms with E-state index >= 15 is 0 Å². The van der Waals surface area contributed by atoms with Crippen LogP contribution in [0.1, 0.15) is 12.7 Å². The first-order chi connectivity index (χ1) is 8.65. The van der Waals surface area contributed by atoms with Crippen molar-refractivity contribution in [2.24, 2.45) is 0 Å². The van der Waals surface area contributed by atoms with Gasteiger partial charge in [-0.1, -0.05) is 22.9 Å². The molecule has 2 nitrogen and oxygen atoms in total. The normalized spacial score (nSPS) is 13.1. The molecule has 0 spiro atoms. The van der Waals surface area contributed by atoms with E-state index in [2.05, 4.69) is 50.8 Å². The molecule has 0 aliphatic rings. The molecule has 0 aliphatic heterocycles. The van der Waals surface area contributed by atoms with Crippen LogP contribution in [0.3, 0.4) is 0 Å². The highest BCUT2D eigenvalue weighted by Crippen LogP contribution is 2.23. The van der Waals surface area contributed by atoms with Crippen molar-refractivity contribution in [3.63, 3.8) is 0 Å². The highest BCUT2D eigenvalue weighted by atomic mass is 79.9. The minimum absolute atomic E-state index is 0.565. The van der Waals surface area contributed by atoms with Crippen LogP contribution in [0.2, 0.25) is 0 Å². The van der Waals surface area contributed by atoms with Crippen LogP contribution in [-0.4, -0.2) is 26.9 Å². The predicted octanol–water partition coefficient (Wildman–Crippen LogP) is 4.33. The summed E-state index contributed by atoms with van der Waals surface area (Å²) in [6.07, 6.45) is 2.95. The minimum Gasteiger partial charge on any atom is -0.327 e. The standard InChI is InChI=1S/C13H16BrClN2S/c1-9(18-2)8-17-12-7-10(14)3-4-11(12)16-13(17)5-6-15/h3-4,7,9H,5-6,8H2,1-2H3. The Morgan fingerprint density at radius 3 is 2.94 bits per heavy atom. The molecule has 0 N–H and O–H groups in total. The van der Waals surface area contributed by atoms with Gasteiger partial charge < -0.3 is 4.57 Å². The second kappa shape index (κ2) is 6.31. The Hall–Kier alpha value is -0.190. The van der Waals surface area contributed by atoms with E-state index in [0.717, 1.165) is 28.8 Å². The zero-order valence-electron chi connectivity index (χ0n) is 10.5. The topological polar surface area (TPSA) is 17.8 Å². The fraction of sp³-hybridized carbons (Fsp3) is 0.462. The average molecular weight is 348 g/mol. The molecule has 5 heteroatoms. The van der Waals surface area contributed by atoms with E-state index < -0.39 is 0 Å². The van der Waals surface area contributed by atoms with Gasteiger partial charge in [0.1, 0.15) is 5.82 Å².